The minimum atomic E-state index is -0.795. The number of allylic oxidation sites excluding steroid dienone is 8. The quantitative estimate of drug-likeness (QED) is 0.0324. The fourth-order valence-electron chi connectivity index (χ4n) is 7.32. The van der Waals surface area contributed by atoms with Crippen LogP contribution in [0.15, 0.2) is 48.6 Å². The van der Waals surface area contributed by atoms with Crippen LogP contribution in [0.4, 0.5) is 0 Å². The summed E-state index contributed by atoms with van der Waals surface area (Å²) in [7, 11) is 0. The number of carbonyl (C=O) groups is 2. The van der Waals surface area contributed by atoms with Gasteiger partial charge in [0.1, 0.15) is 6.10 Å². The monoisotopic (exact) mass is 800 g/mol. The highest BCUT2D eigenvalue weighted by atomic mass is 16.5. The van der Waals surface area contributed by atoms with E-state index in [0.29, 0.717) is 19.3 Å². The molecule has 1 amide bonds. The minimum Gasteiger partial charge on any atom is -0.462 e. The van der Waals surface area contributed by atoms with Crippen LogP contribution in [0.5, 0.6) is 0 Å². The van der Waals surface area contributed by atoms with Gasteiger partial charge in [-0.2, -0.15) is 0 Å². The van der Waals surface area contributed by atoms with Gasteiger partial charge < -0.3 is 20.3 Å². The number of esters is 1. The van der Waals surface area contributed by atoms with Gasteiger partial charge in [0.25, 0.3) is 0 Å². The molecule has 3 atom stereocenters. The number of unbranched alkanes of at least 4 members (excludes halogenated alkanes) is 26. The van der Waals surface area contributed by atoms with Crippen molar-refractivity contribution in [2.45, 2.75) is 257 Å². The van der Waals surface area contributed by atoms with Gasteiger partial charge in [0, 0.05) is 6.42 Å². The predicted octanol–water partition coefficient (Wildman–Crippen LogP) is 14.3. The summed E-state index contributed by atoms with van der Waals surface area (Å²) in [6.45, 7) is 6.31. The van der Waals surface area contributed by atoms with Crippen molar-refractivity contribution >= 4 is 11.9 Å². The normalized spacial score (nSPS) is 13.7. The molecule has 0 aromatic carbocycles. The minimum absolute atomic E-state index is 0.0532. The molecule has 0 aliphatic carbocycles. The van der Waals surface area contributed by atoms with Crippen LogP contribution in [-0.4, -0.2) is 46.9 Å². The van der Waals surface area contributed by atoms with E-state index >= 15 is 0 Å². The van der Waals surface area contributed by atoms with Crippen LogP contribution in [0, 0.1) is 0 Å². The summed E-state index contributed by atoms with van der Waals surface area (Å²) in [6, 6.07) is -0.711. The molecule has 332 valence electrons. The second-order valence-electron chi connectivity index (χ2n) is 16.6. The molecular formula is C51H93NO5. The molecule has 0 rings (SSSR count). The zero-order valence-corrected chi connectivity index (χ0v) is 37.7. The maximum absolute atomic E-state index is 13.1. The lowest BCUT2D eigenvalue weighted by atomic mass is 10.0. The average Bonchev–Trinajstić information content (AvgIpc) is 3.20. The molecule has 0 aliphatic rings. The van der Waals surface area contributed by atoms with Crippen LogP contribution in [0.2, 0.25) is 0 Å². The molecule has 0 radical (unpaired) electrons. The van der Waals surface area contributed by atoms with E-state index in [2.05, 4.69) is 50.4 Å². The summed E-state index contributed by atoms with van der Waals surface area (Å²) in [4.78, 5) is 26.0. The van der Waals surface area contributed by atoms with Gasteiger partial charge in [0.05, 0.1) is 25.2 Å². The van der Waals surface area contributed by atoms with Gasteiger partial charge in [0.2, 0.25) is 5.91 Å². The number of aliphatic hydroxyl groups excluding tert-OH is 2. The SMILES string of the molecule is CC/C=C/C=C/C=C/C=C\CCCCCC(CC(=O)NC(CO)C(O)CCCCCCCCCCC)OC(=O)CCCCCCCCCCCCCCCCCC. The van der Waals surface area contributed by atoms with Crippen LogP contribution < -0.4 is 5.32 Å². The number of aliphatic hydroxyl groups is 2. The van der Waals surface area contributed by atoms with Crippen molar-refractivity contribution in [2.75, 3.05) is 6.61 Å². The zero-order valence-electron chi connectivity index (χ0n) is 37.7. The Bertz CT molecular complexity index is 988. The largest absolute Gasteiger partial charge is 0.462 e. The summed E-state index contributed by atoms with van der Waals surface area (Å²) in [5.74, 6) is -0.509. The van der Waals surface area contributed by atoms with E-state index in [-0.39, 0.29) is 24.9 Å². The fourth-order valence-corrected chi connectivity index (χ4v) is 7.32. The second kappa shape index (κ2) is 44.9. The Morgan fingerprint density at radius 1 is 0.526 bits per heavy atom. The van der Waals surface area contributed by atoms with Crippen molar-refractivity contribution < 1.29 is 24.5 Å². The third-order valence-corrected chi connectivity index (χ3v) is 11.0. The molecule has 0 aromatic rings. The van der Waals surface area contributed by atoms with Crippen LogP contribution in [0.3, 0.4) is 0 Å². The summed E-state index contributed by atoms with van der Waals surface area (Å²) < 4.78 is 5.90. The van der Waals surface area contributed by atoms with Crippen molar-refractivity contribution in [1.82, 2.24) is 5.32 Å². The first-order valence-electron chi connectivity index (χ1n) is 24.4. The summed E-state index contributed by atoms with van der Waals surface area (Å²) >= 11 is 0. The van der Waals surface area contributed by atoms with Gasteiger partial charge >= 0.3 is 5.97 Å². The zero-order chi connectivity index (χ0) is 41.7. The first-order chi connectivity index (χ1) is 28.0. The van der Waals surface area contributed by atoms with E-state index < -0.39 is 18.2 Å². The van der Waals surface area contributed by atoms with Crippen molar-refractivity contribution in [1.29, 1.82) is 0 Å². The number of nitrogens with one attached hydrogen (secondary N) is 1. The molecule has 0 aromatic heterocycles. The summed E-state index contributed by atoms with van der Waals surface area (Å²) in [6.07, 6.45) is 53.2. The highest BCUT2D eigenvalue weighted by Gasteiger charge is 2.24. The van der Waals surface area contributed by atoms with Crippen molar-refractivity contribution in [2.24, 2.45) is 0 Å². The number of ether oxygens (including phenoxy) is 1. The van der Waals surface area contributed by atoms with Gasteiger partial charge in [0.15, 0.2) is 0 Å². The maximum Gasteiger partial charge on any atom is 0.306 e. The molecule has 0 bridgehead atoms. The predicted molar refractivity (Wildman–Crippen MR) is 245 cm³/mol. The molecule has 0 saturated heterocycles. The Hall–Kier alpha value is -2.18. The van der Waals surface area contributed by atoms with E-state index in [0.717, 1.165) is 70.6 Å². The molecule has 0 saturated carbocycles. The van der Waals surface area contributed by atoms with E-state index in [4.69, 9.17) is 4.74 Å². The van der Waals surface area contributed by atoms with Crippen molar-refractivity contribution in [3.63, 3.8) is 0 Å². The lowest BCUT2D eigenvalue weighted by Gasteiger charge is -2.24. The molecule has 0 heterocycles. The van der Waals surface area contributed by atoms with Crippen LogP contribution in [-0.2, 0) is 14.3 Å². The highest BCUT2D eigenvalue weighted by molar-refractivity contribution is 5.77. The van der Waals surface area contributed by atoms with E-state index in [1.165, 1.54) is 122 Å². The molecule has 6 nitrogen and oxygen atoms in total. The standard InChI is InChI=1S/C51H93NO5/c1-4-7-10-13-16-19-21-23-24-25-27-29-32-35-38-41-44-51(56)57-47(42-39-36-33-31-28-26-22-20-17-14-11-8-5-2)45-50(55)52-48(46-53)49(54)43-40-37-34-30-18-15-12-9-6-3/h8,11,14,17,20,22,26,28,47-49,53-54H,4-7,9-10,12-13,15-16,18-19,21,23-25,27,29-46H2,1-3H3,(H,52,55)/b11-8+,17-14+,22-20+,28-26-. The lowest BCUT2D eigenvalue weighted by molar-refractivity contribution is -0.151. The topological polar surface area (TPSA) is 95.9 Å². The molecule has 0 fully saturated rings. The number of hydrogen-bond donors (Lipinski definition) is 3. The van der Waals surface area contributed by atoms with Gasteiger partial charge in [-0.25, -0.2) is 0 Å². The van der Waals surface area contributed by atoms with E-state index in [9.17, 15) is 19.8 Å². The third kappa shape index (κ3) is 40.4. The Morgan fingerprint density at radius 2 is 0.947 bits per heavy atom. The van der Waals surface area contributed by atoms with Crippen LogP contribution in [0.25, 0.3) is 0 Å². The molecular weight excluding hydrogens is 707 g/mol. The first-order valence-corrected chi connectivity index (χ1v) is 24.4. The average molecular weight is 800 g/mol. The molecule has 6 heteroatoms. The van der Waals surface area contributed by atoms with Gasteiger partial charge in [-0.05, 0) is 44.9 Å². The van der Waals surface area contributed by atoms with E-state index in [1.54, 1.807) is 0 Å². The van der Waals surface area contributed by atoms with Gasteiger partial charge in [-0.3, -0.25) is 9.59 Å². The number of rotatable bonds is 43. The summed E-state index contributed by atoms with van der Waals surface area (Å²) in [5, 5.41) is 23.6. The maximum atomic E-state index is 13.1. The van der Waals surface area contributed by atoms with Gasteiger partial charge in [-0.15, -0.1) is 0 Å². The Labute approximate surface area is 353 Å². The highest BCUT2D eigenvalue weighted by Crippen LogP contribution is 2.18. The fraction of sp³-hybridized carbons (Fsp3) is 0.804. The van der Waals surface area contributed by atoms with Crippen LogP contribution >= 0.6 is 0 Å². The molecule has 57 heavy (non-hydrogen) atoms. The van der Waals surface area contributed by atoms with E-state index in [1.807, 2.05) is 24.3 Å². The number of carbonyl (C=O) groups excluding carboxylic acids is 2. The van der Waals surface area contributed by atoms with Crippen LogP contribution in [0.1, 0.15) is 239 Å². The Balaban J connectivity index is 4.60. The number of amides is 1. The smallest absolute Gasteiger partial charge is 0.306 e. The second-order valence-corrected chi connectivity index (χ2v) is 16.6. The lowest BCUT2D eigenvalue weighted by Crippen LogP contribution is -2.46. The first kappa shape index (κ1) is 54.8. The molecule has 3 unspecified atom stereocenters. The Kier molecular flexibility index (Phi) is 43.2. The third-order valence-electron chi connectivity index (χ3n) is 11.0. The van der Waals surface area contributed by atoms with Gasteiger partial charge in [-0.1, -0.05) is 230 Å². The van der Waals surface area contributed by atoms with Crippen molar-refractivity contribution in [3.05, 3.63) is 48.6 Å². The number of hydrogen-bond acceptors (Lipinski definition) is 5. The Morgan fingerprint density at radius 3 is 1.44 bits per heavy atom. The van der Waals surface area contributed by atoms with Crippen molar-refractivity contribution in [3.8, 4) is 0 Å². The molecule has 3 N–H and O–H groups in total. The molecule has 0 aliphatic heterocycles. The molecule has 0 spiro atoms. The summed E-state index contributed by atoms with van der Waals surface area (Å²) in [5.41, 5.74) is 0.